The summed E-state index contributed by atoms with van der Waals surface area (Å²) in [7, 11) is 1.70. The molecule has 1 aromatic carbocycles. The second-order valence-corrected chi connectivity index (χ2v) is 5.40. The molecule has 114 valence electrons. The second kappa shape index (κ2) is 7.90. The Morgan fingerprint density at radius 1 is 1.43 bits per heavy atom. The molecule has 0 radical (unpaired) electrons. The molecule has 0 fully saturated rings. The molecule has 4 nitrogen and oxygen atoms in total. The second-order valence-electron chi connectivity index (χ2n) is 5.40. The Morgan fingerprint density at radius 2 is 2.29 bits per heavy atom. The summed E-state index contributed by atoms with van der Waals surface area (Å²) in [4.78, 5) is 2.45. The molecule has 0 amide bonds. The minimum atomic E-state index is 0.368. The fourth-order valence-electron chi connectivity index (χ4n) is 2.91. The van der Waals surface area contributed by atoms with Crippen molar-refractivity contribution in [3.05, 3.63) is 23.8 Å². The van der Waals surface area contributed by atoms with Crippen molar-refractivity contribution in [3.8, 4) is 17.6 Å². The molecule has 0 bridgehead atoms. The van der Waals surface area contributed by atoms with E-state index in [2.05, 4.69) is 17.9 Å². The predicted molar refractivity (Wildman–Crippen MR) is 82.7 cm³/mol. The van der Waals surface area contributed by atoms with Gasteiger partial charge in [0.05, 0.1) is 13.2 Å². The van der Waals surface area contributed by atoms with Gasteiger partial charge in [0.25, 0.3) is 0 Å². The molecular formula is C17H24N2O2. The van der Waals surface area contributed by atoms with Gasteiger partial charge in [0, 0.05) is 18.0 Å². The fraction of sp³-hybridized carbons (Fsp3) is 0.588. The largest absolute Gasteiger partial charge is 0.496 e. The number of fused-ring (bicyclic) bond motifs is 1. The molecule has 0 unspecified atom stereocenters. The van der Waals surface area contributed by atoms with Crippen molar-refractivity contribution in [2.45, 2.75) is 38.6 Å². The molecule has 1 aliphatic heterocycles. The van der Waals surface area contributed by atoms with E-state index in [4.69, 9.17) is 14.7 Å². The van der Waals surface area contributed by atoms with E-state index >= 15 is 0 Å². The molecule has 0 spiro atoms. The summed E-state index contributed by atoms with van der Waals surface area (Å²) in [6, 6.07) is 8.56. The highest BCUT2D eigenvalue weighted by Gasteiger charge is 2.26. The van der Waals surface area contributed by atoms with E-state index < -0.39 is 0 Å². The number of rotatable bonds is 7. The van der Waals surface area contributed by atoms with Gasteiger partial charge in [-0.3, -0.25) is 4.90 Å². The van der Waals surface area contributed by atoms with Gasteiger partial charge in [-0.15, -0.1) is 0 Å². The lowest BCUT2D eigenvalue weighted by molar-refractivity contribution is 0.117. The van der Waals surface area contributed by atoms with Crippen LogP contribution in [0.25, 0.3) is 0 Å². The first-order chi connectivity index (χ1) is 10.3. The Morgan fingerprint density at radius 3 is 3.00 bits per heavy atom. The Bertz CT molecular complexity index is 482. The Hall–Kier alpha value is -1.73. The molecule has 0 saturated carbocycles. The molecule has 1 heterocycles. The molecule has 0 saturated heterocycles. The zero-order valence-corrected chi connectivity index (χ0v) is 13.0. The van der Waals surface area contributed by atoms with Crippen LogP contribution >= 0.6 is 0 Å². The van der Waals surface area contributed by atoms with Gasteiger partial charge in [-0.05, 0) is 44.5 Å². The number of nitrogens with zero attached hydrogens (tertiary/aromatic N) is 2. The maximum absolute atomic E-state index is 8.71. The summed E-state index contributed by atoms with van der Waals surface area (Å²) in [5.41, 5.74) is 1.16. The van der Waals surface area contributed by atoms with Crippen LogP contribution in [-0.2, 0) is 6.42 Å². The zero-order chi connectivity index (χ0) is 15.1. The first kappa shape index (κ1) is 15.7. The average Bonchev–Trinajstić information content (AvgIpc) is 2.53. The van der Waals surface area contributed by atoms with E-state index in [-0.39, 0.29) is 0 Å². The van der Waals surface area contributed by atoms with Gasteiger partial charge in [-0.25, -0.2) is 0 Å². The highest BCUT2D eigenvalue weighted by Crippen LogP contribution is 2.33. The molecule has 1 aromatic rings. The van der Waals surface area contributed by atoms with Gasteiger partial charge in [0.15, 0.2) is 0 Å². The molecule has 1 aliphatic rings. The summed E-state index contributed by atoms with van der Waals surface area (Å²) >= 11 is 0. The van der Waals surface area contributed by atoms with Gasteiger partial charge < -0.3 is 9.47 Å². The summed E-state index contributed by atoms with van der Waals surface area (Å²) < 4.78 is 11.4. The summed E-state index contributed by atoms with van der Waals surface area (Å²) in [6.45, 7) is 4.91. The number of methoxy groups -OCH3 is 1. The predicted octanol–water partition coefficient (Wildman–Crippen LogP) is 3.01. The van der Waals surface area contributed by atoms with Crippen molar-refractivity contribution >= 4 is 0 Å². The quantitative estimate of drug-likeness (QED) is 0.724. The van der Waals surface area contributed by atoms with Gasteiger partial charge in [0.1, 0.15) is 18.1 Å². The van der Waals surface area contributed by atoms with Crippen LogP contribution in [-0.4, -0.2) is 37.7 Å². The van der Waals surface area contributed by atoms with Crippen molar-refractivity contribution in [1.29, 1.82) is 5.26 Å². The molecule has 1 atom stereocenters. The smallest absolute Gasteiger partial charge is 0.126 e. The molecule has 4 heteroatoms. The molecule has 0 aliphatic carbocycles. The Balaban J connectivity index is 2.08. The monoisotopic (exact) mass is 288 g/mol. The van der Waals surface area contributed by atoms with Gasteiger partial charge in [0.2, 0.25) is 0 Å². The first-order valence-corrected chi connectivity index (χ1v) is 7.69. The van der Waals surface area contributed by atoms with E-state index in [0.29, 0.717) is 19.1 Å². The third-order valence-corrected chi connectivity index (χ3v) is 3.94. The summed E-state index contributed by atoms with van der Waals surface area (Å²) in [5, 5.41) is 8.71. The third kappa shape index (κ3) is 3.89. The standard InChI is InChI=1S/C17H24N2O2/c1-3-10-19(11-5-4-9-18)14-12-15-16(20-2)7-6-8-17(15)21-13-14/h6-8,14H,3-5,10-13H2,1-2H3/t14-/m1/s1. The molecule has 0 aromatic heterocycles. The number of ether oxygens (including phenoxy) is 2. The van der Waals surface area contributed by atoms with Crippen LogP contribution in [0, 0.1) is 11.3 Å². The Kier molecular flexibility index (Phi) is 5.89. The molecule has 0 N–H and O–H groups in total. The van der Waals surface area contributed by atoms with Gasteiger partial charge in [-0.2, -0.15) is 5.26 Å². The molecule has 2 rings (SSSR count). The number of unbranched alkanes of at least 4 members (excludes halogenated alkanes) is 1. The zero-order valence-electron chi connectivity index (χ0n) is 13.0. The number of nitriles is 1. The van der Waals surface area contributed by atoms with Crippen molar-refractivity contribution < 1.29 is 9.47 Å². The van der Waals surface area contributed by atoms with Crippen LogP contribution in [0.1, 0.15) is 31.7 Å². The number of hydrogen-bond acceptors (Lipinski definition) is 4. The van der Waals surface area contributed by atoms with Crippen LogP contribution in [0.3, 0.4) is 0 Å². The number of benzene rings is 1. The summed E-state index contributed by atoms with van der Waals surface area (Å²) in [5.74, 6) is 1.85. The minimum Gasteiger partial charge on any atom is -0.496 e. The highest BCUT2D eigenvalue weighted by atomic mass is 16.5. The van der Waals surface area contributed by atoms with E-state index in [0.717, 1.165) is 49.4 Å². The fourth-order valence-corrected chi connectivity index (χ4v) is 2.91. The van der Waals surface area contributed by atoms with Crippen molar-refractivity contribution in [2.24, 2.45) is 0 Å². The lowest BCUT2D eigenvalue weighted by Gasteiger charge is -2.35. The van der Waals surface area contributed by atoms with Crippen molar-refractivity contribution in [3.63, 3.8) is 0 Å². The third-order valence-electron chi connectivity index (χ3n) is 3.94. The van der Waals surface area contributed by atoms with Crippen molar-refractivity contribution in [2.75, 3.05) is 26.8 Å². The topological polar surface area (TPSA) is 45.5 Å². The Labute approximate surface area is 127 Å². The maximum atomic E-state index is 8.71. The van der Waals surface area contributed by atoms with Crippen LogP contribution in [0.5, 0.6) is 11.5 Å². The van der Waals surface area contributed by atoms with E-state index in [1.54, 1.807) is 7.11 Å². The van der Waals surface area contributed by atoms with Crippen LogP contribution < -0.4 is 9.47 Å². The number of hydrogen-bond donors (Lipinski definition) is 0. The van der Waals surface area contributed by atoms with Crippen LogP contribution in [0.4, 0.5) is 0 Å². The van der Waals surface area contributed by atoms with E-state index in [1.807, 2.05) is 18.2 Å². The lowest BCUT2D eigenvalue weighted by atomic mass is 10.00. The van der Waals surface area contributed by atoms with E-state index in [9.17, 15) is 0 Å². The SMILES string of the molecule is CCCN(CCCC#N)[C@H]1COc2cccc(OC)c2C1. The summed E-state index contributed by atoms with van der Waals surface area (Å²) in [6.07, 6.45) is 3.60. The van der Waals surface area contributed by atoms with E-state index in [1.165, 1.54) is 0 Å². The van der Waals surface area contributed by atoms with Crippen LogP contribution in [0.2, 0.25) is 0 Å². The highest BCUT2D eigenvalue weighted by molar-refractivity contribution is 5.46. The maximum Gasteiger partial charge on any atom is 0.126 e. The normalized spacial score (nSPS) is 17.0. The van der Waals surface area contributed by atoms with Gasteiger partial charge >= 0.3 is 0 Å². The molecular weight excluding hydrogens is 264 g/mol. The van der Waals surface area contributed by atoms with Crippen LogP contribution in [0.15, 0.2) is 18.2 Å². The lowest BCUT2D eigenvalue weighted by Crippen LogP contribution is -2.44. The first-order valence-electron chi connectivity index (χ1n) is 7.69. The minimum absolute atomic E-state index is 0.368. The average molecular weight is 288 g/mol. The molecule has 21 heavy (non-hydrogen) atoms. The van der Waals surface area contributed by atoms with Crippen molar-refractivity contribution in [1.82, 2.24) is 4.90 Å². The van der Waals surface area contributed by atoms with Gasteiger partial charge in [-0.1, -0.05) is 13.0 Å².